The Morgan fingerprint density at radius 2 is 2.12 bits per heavy atom. The summed E-state index contributed by atoms with van der Waals surface area (Å²) in [6, 6.07) is 2.41. The molecule has 1 aliphatic rings. The van der Waals surface area contributed by atoms with Crippen molar-refractivity contribution in [1.29, 1.82) is 0 Å². The molecule has 1 N–H and O–H groups in total. The Hall–Kier alpha value is -2.49. The highest BCUT2D eigenvalue weighted by molar-refractivity contribution is 5.98. The minimum absolute atomic E-state index is 0.0260. The van der Waals surface area contributed by atoms with Crippen molar-refractivity contribution >= 4 is 23.0 Å². The fourth-order valence-electron chi connectivity index (χ4n) is 2.49. The number of benzene rings is 1. The molecule has 0 radical (unpaired) electrons. The van der Waals surface area contributed by atoms with E-state index in [1.165, 1.54) is 6.07 Å². The Bertz CT molecular complexity index is 636. The molecule has 1 fully saturated rings. The van der Waals surface area contributed by atoms with Gasteiger partial charge in [0.2, 0.25) is 0 Å². The number of carbonyl (C=O) groups is 1. The second kappa shape index (κ2) is 8.56. The first kappa shape index (κ1) is 18.8. The van der Waals surface area contributed by atoms with Crippen LogP contribution in [0, 0.1) is 10.1 Å². The normalized spacial score (nSPS) is 14.5. The summed E-state index contributed by atoms with van der Waals surface area (Å²) in [6.45, 7) is 2.80. The average Bonchev–Trinajstić information content (AvgIpc) is 2.60. The maximum absolute atomic E-state index is 12.5. The van der Waals surface area contributed by atoms with E-state index in [0.29, 0.717) is 32.0 Å². The van der Waals surface area contributed by atoms with Crippen LogP contribution in [-0.4, -0.2) is 56.8 Å². The molecule has 1 heterocycles. The maximum atomic E-state index is 12.5. The van der Waals surface area contributed by atoms with Crippen molar-refractivity contribution in [3.63, 3.8) is 0 Å². The zero-order valence-electron chi connectivity index (χ0n) is 13.7. The molecule has 1 aliphatic heterocycles. The lowest BCUT2D eigenvalue weighted by atomic mass is 10.1. The van der Waals surface area contributed by atoms with Crippen LogP contribution in [0.3, 0.4) is 0 Å². The van der Waals surface area contributed by atoms with Crippen molar-refractivity contribution in [2.45, 2.75) is 13.3 Å². The molecule has 0 spiro atoms. The van der Waals surface area contributed by atoms with Crippen molar-refractivity contribution in [1.82, 2.24) is 0 Å². The van der Waals surface area contributed by atoms with E-state index in [4.69, 9.17) is 9.47 Å². The van der Waals surface area contributed by atoms with Crippen molar-refractivity contribution in [2.75, 3.05) is 49.7 Å². The van der Waals surface area contributed by atoms with Crippen LogP contribution >= 0.6 is 0 Å². The number of nitro benzene ring substituents is 1. The monoisotopic (exact) mass is 359 g/mol. The van der Waals surface area contributed by atoms with E-state index in [1.807, 2.05) is 4.90 Å². The Kier molecular flexibility index (Phi) is 6.45. The quantitative estimate of drug-likeness (QED) is 0.453. The van der Waals surface area contributed by atoms with E-state index in [0.717, 1.165) is 6.07 Å². The highest BCUT2D eigenvalue weighted by Crippen LogP contribution is 2.34. The summed E-state index contributed by atoms with van der Waals surface area (Å²) in [5, 5.41) is 13.6. The fraction of sp³-hybridized carbons (Fsp3) is 0.533. The predicted molar refractivity (Wildman–Crippen MR) is 86.6 cm³/mol. The van der Waals surface area contributed by atoms with Gasteiger partial charge in [0.1, 0.15) is 5.69 Å². The van der Waals surface area contributed by atoms with Crippen LogP contribution in [0.5, 0.6) is 0 Å². The number of nitro groups is 1. The van der Waals surface area contributed by atoms with E-state index >= 15 is 0 Å². The maximum Gasteiger partial charge on any atom is 0.340 e. The summed E-state index contributed by atoms with van der Waals surface area (Å²) in [6.07, 6.45) is -2.67. The molecule has 0 unspecified atom stereocenters. The lowest BCUT2D eigenvalue weighted by molar-refractivity contribution is -0.384. The van der Waals surface area contributed by atoms with Gasteiger partial charge in [0.05, 0.1) is 42.5 Å². The molecule has 1 saturated heterocycles. The summed E-state index contributed by atoms with van der Waals surface area (Å²) >= 11 is 0. The third-order valence-electron chi connectivity index (χ3n) is 3.60. The van der Waals surface area contributed by atoms with E-state index in [-0.39, 0.29) is 17.9 Å². The van der Waals surface area contributed by atoms with Gasteiger partial charge < -0.3 is 19.7 Å². The zero-order valence-corrected chi connectivity index (χ0v) is 13.7. The summed E-state index contributed by atoms with van der Waals surface area (Å²) < 4.78 is 35.2. The van der Waals surface area contributed by atoms with Crippen molar-refractivity contribution < 1.29 is 28.0 Å². The number of anilines is 2. The van der Waals surface area contributed by atoms with Crippen molar-refractivity contribution in [3.05, 3.63) is 27.8 Å². The second-order valence-corrected chi connectivity index (χ2v) is 5.24. The Morgan fingerprint density at radius 1 is 1.44 bits per heavy atom. The Balaban J connectivity index is 2.49. The van der Waals surface area contributed by atoms with E-state index < -0.39 is 29.6 Å². The summed E-state index contributed by atoms with van der Waals surface area (Å²) in [7, 11) is 0. The molecule has 8 nitrogen and oxygen atoms in total. The molecule has 25 heavy (non-hydrogen) atoms. The number of hydrogen-bond donors (Lipinski definition) is 1. The third kappa shape index (κ3) is 4.75. The standard InChI is InChI=1S/C15H19F2N3O5/c1-2-25-15(21)10-7-13(20(22)23)11(18-9-14(16)17)8-12(10)19-3-5-24-6-4-19/h7-8,14,18H,2-6,9H2,1H3. The molecule has 2 rings (SSSR count). The molecule has 10 heteroatoms. The first-order valence-corrected chi connectivity index (χ1v) is 7.78. The van der Waals surface area contributed by atoms with Gasteiger partial charge in [-0.15, -0.1) is 0 Å². The predicted octanol–water partition coefficient (Wildman–Crippen LogP) is 2.29. The van der Waals surface area contributed by atoms with Gasteiger partial charge in [-0.1, -0.05) is 0 Å². The van der Waals surface area contributed by atoms with Gasteiger partial charge in [-0.25, -0.2) is 13.6 Å². The van der Waals surface area contributed by atoms with Crippen LogP contribution in [0.2, 0.25) is 0 Å². The first-order chi connectivity index (χ1) is 11.9. The van der Waals surface area contributed by atoms with Crippen LogP contribution in [0.15, 0.2) is 12.1 Å². The number of morpholine rings is 1. The van der Waals surface area contributed by atoms with Gasteiger partial charge in [-0.05, 0) is 13.0 Å². The number of alkyl halides is 2. The number of rotatable bonds is 7. The minimum Gasteiger partial charge on any atom is -0.462 e. The van der Waals surface area contributed by atoms with Crippen LogP contribution in [0.4, 0.5) is 25.8 Å². The molecule has 0 aliphatic carbocycles. The smallest absolute Gasteiger partial charge is 0.340 e. The number of halogens is 2. The molecule has 138 valence electrons. The summed E-state index contributed by atoms with van der Waals surface area (Å²) in [5.41, 5.74) is -0.109. The summed E-state index contributed by atoms with van der Waals surface area (Å²) in [5.74, 6) is -0.701. The second-order valence-electron chi connectivity index (χ2n) is 5.24. The topological polar surface area (TPSA) is 93.9 Å². The fourth-order valence-corrected chi connectivity index (χ4v) is 2.49. The molecule has 0 amide bonds. The van der Waals surface area contributed by atoms with Gasteiger partial charge in [-0.3, -0.25) is 10.1 Å². The van der Waals surface area contributed by atoms with Crippen molar-refractivity contribution in [3.8, 4) is 0 Å². The highest BCUT2D eigenvalue weighted by atomic mass is 19.3. The lowest BCUT2D eigenvalue weighted by Gasteiger charge is -2.30. The van der Waals surface area contributed by atoms with E-state index in [1.54, 1.807) is 6.92 Å². The van der Waals surface area contributed by atoms with E-state index in [2.05, 4.69) is 5.32 Å². The number of nitrogens with zero attached hydrogens (tertiary/aromatic N) is 2. The molecular formula is C15H19F2N3O5. The van der Waals surface area contributed by atoms with E-state index in [9.17, 15) is 23.7 Å². The third-order valence-corrected chi connectivity index (χ3v) is 3.60. The average molecular weight is 359 g/mol. The molecule has 0 saturated carbocycles. The largest absolute Gasteiger partial charge is 0.462 e. The zero-order chi connectivity index (χ0) is 18.4. The van der Waals surface area contributed by atoms with Crippen LogP contribution in [0.25, 0.3) is 0 Å². The van der Waals surface area contributed by atoms with Gasteiger partial charge in [0.15, 0.2) is 0 Å². The summed E-state index contributed by atoms with van der Waals surface area (Å²) in [4.78, 5) is 24.6. The molecule has 0 aromatic heterocycles. The van der Waals surface area contributed by atoms with Crippen molar-refractivity contribution in [2.24, 2.45) is 0 Å². The molecule has 1 aromatic rings. The number of ether oxygens (including phenoxy) is 2. The molecule has 0 bridgehead atoms. The molecule has 1 aromatic carbocycles. The van der Waals surface area contributed by atoms with Crippen LogP contribution in [0.1, 0.15) is 17.3 Å². The van der Waals surface area contributed by atoms with Gasteiger partial charge in [-0.2, -0.15) is 0 Å². The minimum atomic E-state index is -2.67. The SMILES string of the molecule is CCOC(=O)c1cc([N+](=O)[O-])c(NCC(F)F)cc1N1CCOCC1. The van der Waals surface area contributed by atoms with Crippen LogP contribution < -0.4 is 10.2 Å². The first-order valence-electron chi connectivity index (χ1n) is 7.78. The highest BCUT2D eigenvalue weighted by Gasteiger charge is 2.26. The molecule has 0 atom stereocenters. The molecular weight excluding hydrogens is 340 g/mol. The van der Waals surface area contributed by atoms with Gasteiger partial charge in [0.25, 0.3) is 12.1 Å². The lowest BCUT2D eigenvalue weighted by Crippen LogP contribution is -2.37. The van der Waals surface area contributed by atoms with Gasteiger partial charge in [0, 0.05) is 19.2 Å². The number of nitrogens with one attached hydrogen (secondary N) is 1. The van der Waals surface area contributed by atoms with Crippen LogP contribution in [-0.2, 0) is 9.47 Å². The Labute approximate surface area is 142 Å². The number of carbonyl (C=O) groups excluding carboxylic acids is 1. The number of hydrogen-bond acceptors (Lipinski definition) is 7. The number of esters is 1. The Morgan fingerprint density at radius 3 is 2.68 bits per heavy atom. The van der Waals surface area contributed by atoms with Gasteiger partial charge >= 0.3 is 5.97 Å².